The molecule has 0 radical (unpaired) electrons. The molecule has 2 aromatic rings. The highest BCUT2D eigenvalue weighted by atomic mass is 19.4. The molecular formula is C16H14F3N3O2. The van der Waals surface area contributed by atoms with Gasteiger partial charge in [-0.3, -0.25) is 9.78 Å². The molecule has 1 aliphatic rings. The first-order chi connectivity index (χ1) is 11.4. The monoisotopic (exact) mass is 337 g/mol. The van der Waals surface area contributed by atoms with Crippen molar-refractivity contribution in [2.45, 2.75) is 12.3 Å². The summed E-state index contributed by atoms with van der Waals surface area (Å²) in [6.45, 7) is -0.487. The van der Waals surface area contributed by atoms with Crippen molar-refractivity contribution in [3.8, 4) is 0 Å². The summed E-state index contributed by atoms with van der Waals surface area (Å²) in [7, 11) is 0. The number of aliphatic hydroxyl groups is 1. The van der Waals surface area contributed by atoms with E-state index in [1.54, 1.807) is 24.3 Å². The summed E-state index contributed by atoms with van der Waals surface area (Å²) < 4.78 is 39.9. The quantitative estimate of drug-likeness (QED) is 0.904. The Hall–Kier alpha value is -2.61. The number of rotatable bonds is 3. The Bertz CT molecular complexity index is 764. The van der Waals surface area contributed by atoms with Crippen molar-refractivity contribution >= 4 is 11.6 Å². The van der Waals surface area contributed by atoms with Crippen LogP contribution in [0.2, 0.25) is 0 Å². The lowest BCUT2D eigenvalue weighted by atomic mass is 10.0. The molecule has 1 aliphatic heterocycles. The van der Waals surface area contributed by atoms with Crippen LogP contribution in [0.1, 0.15) is 27.8 Å². The number of carbonyl (C=O) groups excluding carboxylic acids is 1. The third-order valence-electron chi connectivity index (χ3n) is 3.77. The summed E-state index contributed by atoms with van der Waals surface area (Å²) in [5.74, 6) is -0.456. The van der Waals surface area contributed by atoms with Crippen molar-refractivity contribution in [1.29, 1.82) is 0 Å². The summed E-state index contributed by atoms with van der Waals surface area (Å²) in [4.78, 5) is 17.6. The number of β-amino-alcohol motifs (C(OH)–C–C–N with tert-alkyl or cyclic N) is 1. The Kier molecular flexibility index (Phi) is 4.15. The van der Waals surface area contributed by atoms with E-state index in [4.69, 9.17) is 0 Å². The van der Waals surface area contributed by atoms with Gasteiger partial charge in [0.05, 0.1) is 23.4 Å². The summed E-state index contributed by atoms with van der Waals surface area (Å²) >= 11 is 0. The molecule has 1 aromatic carbocycles. The van der Waals surface area contributed by atoms with Gasteiger partial charge in [0, 0.05) is 18.4 Å². The number of hydrogen-bond donors (Lipinski definition) is 2. The fourth-order valence-electron chi connectivity index (χ4n) is 2.72. The van der Waals surface area contributed by atoms with Crippen molar-refractivity contribution in [3.63, 3.8) is 0 Å². The molecule has 0 saturated carbocycles. The maximum atomic E-state index is 13.3. The third-order valence-corrected chi connectivity index (χ3v) is 3.77. The van der Waals surface area contributed by atoms with Gasteiger partial charge in [0.2, 0.25) is 0 Å². The molecule has 0 bridgehead atoms. The molecule has 5 nitrogen and oxygen atoms in total. The SMILES string of the molecule is O=C1c2ccccc2N[C@H](c2ncccc2C(F)(F)F)N1CCO. The molecule has 8 heteroatoms. The van der Waals surface area contributed by atoms with Crippen LogP contribution in [0.15, 0.2) is 42.6 Å². The van der Waals surface area contributed by atoms with Gasteiger partial charge in [-0.05, 0) is 24.3 Å². The first kappa shape index (κ1) is 16.3. The van der Waals surface area contributed by atoms with E-state index >= 15 is 0 Å². The Labute approximate surface area is 135 Å². The van der Waals surface area contributed by atoms with Crippen molar-refractivity contribution in [2.24, 2.45) is 0 Å². The minimum atomic E-state index is -4.60. The van der Waals surface area contributed by atoms with E-state index in [-0.39, 0.29) is 18.8 Å². The molecule has 0 saturated heterocycles. The number of nitrogens with zero attached hydrogens (tertiary/aromatic N) is 2. The van der Waals surface area contributed by atoms with Crippen molar-refractivity contribution in [1.82, 2.24) is 9.88 Å². The lowest BCUT2D eigenvalue weighted by Gasteiger charge is -2.38. The highest BCUT2D eigenvalue weighted by molar-refractivity contribution is 6.01. The van der Waals surface area contributed by atoms with Gasteiger partial charge in [0.15, 0.2) is 0 Å². The number of aromatic nitrogens is 1. The van der Waals surface area contributed by atoms with E-state index in [1.165, 1.54) is 12.3 Å². The van der Waals surface area contributed by atoms with Crippen molar-refractivity contribution < 1.29 is 23.1 Å². The maximum Gasteiger partial charge on any atom is 0.418 e. The number of para-hydroxylation sites is 1. The largest absolute Gasteiger partial charge is 0.418 e. The van der Waals surface area contributed by atoms with E-state index in [2.05, 4.69) is 10.3 Å². The predicted octanol–water partition coefficient (Wildman–Crippen LogP) is 2.66. The number of hydrogen-bond acceptors (Lipinski definition) is 4. The van der Waals surface area contributed by atoms with E-state index in [1.807, 2.05) is 0 Å². The number of carbonyl (C=O) groups is 1. The van der Waals surface area contributed by atoms with Crippen LogP contribution in [-0.2, 0) is 6.18 Å². The molecule has 24 heavy (non-hydrogen) atoms. The number of halogens is 3. The van der Waals surface area contributed by atoms with Crippen molar-refractivity contribution in [3.05, 3.63) is 59.4 Å². The van der Waals surface area contributed by atoms with Crippen LogP contribution < -0.4 is 5.32 Å². The summed E-state index contributed by atoms with van der Waals surface area (Å²) in [6, 6.07) is 8.66. The molecule has 2 heterocycles. The molecule has 0 fully saturated rings. The topological polar surface area (TPSA) is 65.5 Å². The van der Waals surface area contributed by atoms with Gasteiger partial charge in [-0.15, -0.1) is 0 Å². The number of aliphatic hydroxyl groups excluding tert-OH is 1. The van der Waals surface area contributed by atoms with Crippen LogP contribution in [0.5, 0.6) is 0 Å². The summed E-state index contributed by atoms with van der Waals surface area (Å²) in [5, 5.41) is 12.1. The Morgan fingerprint density at radius 3 is 2.67 bits per heavy atom. The number of benzene rings is 1. The van der Waals surface area contributed by atoms with Gasteiger partial charge in [-0.25, -0.2) is 0 Å². The number of alkyl halides is 3. The zero-order valence-corrected chi connectivity index (χ0v) is 12.4. The zero-order chi connectivity index (χ0) is 17.3. The van der Waals surface area contributed by atoms with Gasteiger partial charge in [-0.2, -0.15) is 13.2 Å². The predicted molar refractivity (Wildman–Crippen MR) is 80.2 cm³/mol. The van der Waals surface area contributed by atoms with Crippen LogP contribution in [0, 0.1) is 0 Å². The summed E-state index contributed by atoms with van der Waals surface area (Å²) in [5.41, 5.74) is -0.453. The van der Waals surface area contributed by atoms with Gasteiger partial charge in [-0.1, -0.05) is 12.1 Å². The fourth-order valence-corrected chi connectivity index (χ4v) is 2.72. The first-order valence-electron chi connectivity index (χ1n) is 7.23. The summed E-state index contributed by atoms with van der Waals surface area (Å²) in [6.07, 6.45) is -4.47. The van der Waals surface area contributed by atoms with Gasteiger partial charge in [0.1, 0.15) is 6.17 Å². The molecule has 0 aliphatic carbocycles. The van der Waals surface area contributed by atoms with Crippen LogP contribution in [0.4, 0.5) is 18.9 Å². The average molecular weight is 337 g/mol. The smallest absolute Gasteiger partial charge is 0.395 e. The molecule has 3 rings (SSSR count). The molecule has 2 N–H and O–H groups in total. The van der Waals surface area contributed by atoms with Crippen LogP contribution in [0.25, 0.3) is 0 Å². The van der Waals surface area contributed by atoms with Gasteiger partial charge >= 0.3 is 6.18 Å². The second-order valence-electron chi connectivity index (χ2n) is 5.25. The first-order valence-corrected chi connectivity index (χ1v) is 7.23. The maximum absolute atomic E-state index is 13.3. The van der Waals surface area contributed by atoms with Crippen LogP contribution in [-0.4, -0.2) is 34.0 Å². The second kappa shape index (κ2) is 6.12. The number of pyridine rings is 1. The standard InChI is InChI=1S/C16H14F3N3O2/c17-16(18,19)11-5-3-7-20-13(11)14-21-12-6-2-1-4-10(12)15(24)22(14)8-9-23/h1-7,14,21,23H,8-9H2/t14-/m0/s1. The molecule has 1 amide bonds. The molecule has 1 atom stereocenters. The van der Waals surface area contributed by atoms with E-state index in [0.29, 0.717) is 11.3 Å². The Morgan fingerprint density at radius 2 is 1.96 bits per heavy atom. The molecular weight excluding hydrogens is 323 g/mol. The Balaban J connectivity index is 2.12. The molecule has 0 spiro atoms. The third kappa shape index (κ3) is 2.80. The van der Waals surface area contributed by atoms with E-state index in [0.717, 1.165) is 11.0 Å². The normalized spacial score (nSPS) is 17.4. The number of nitrogens with one attached hydrogen (secondary N) is 1. The van der Waals surface area contributed by atoms with Crippen LogP contribution >= 0.6 is 0 Å². The number of fused-ring (bicyclic) bond motifs is 1. The minimum absolute atomic E-state index is 0.112. The van der Waals surface area contributed by atoms with E-state index in [9.17, 15) is 23.1 Å². The van der Waals surface area contributed by atoms with Crippen LogP contribution in [0.3, 0.4) is 0 Å². The Morgan fingerprint density at radius 1 is 1.21 bits per heavy atom. The van der Waals surface area contributed by atoms with Gasteiger partial charge in [0.25, 0.3) is 5.91 Å². The lowest BCUT2D eigenvalue weighted by molar-refractivity contribution is -0.139. The molecule has 0 unspecified atom stereocenters. The highest BCUT2D eigenvalue weighted by Crippen LogP contribution is 2.38. The van der Waals surface area contributed by atoms with E-state index < -0.39 is 23.8 Å². The highest BCUT2D eigenvalue weighted by Gasteiger charge is 2.40. The number of anilines is 1. The fraction of sp³-hybridized carbons (Fsp3) is 0.250. The lowest BCUT2D eigenvalue weighted by Crippen LogP contribution is -2.45. The second-order valence-corrected chi connectivity index (χ2v) is 5.25. The molecule has 126 valence electrons. The molecule has 1 aromatic heterocycles. The van der Waals surface area contributed by atoms with Gasteiger partial charge < -0.3 is 15.3 Å². The average Bonchev–Trinajstić information content (AvgIpc) is 2.56. The minimum Gasteiger partial charge on any atom is -0.395 e. The number of amides is 1. The zero-order valence-electron chi connectivity index (χ0n) is 12.4. The van der Waals surface area contributed by atoms with Crippen molar-refractivity contribution in [2.75, 3.05) is 18.5 Å².